The van der Waals surface area contributed by atoms with Crippen LogP contribution >= 0.6 is 0 Å². The largest absolute Gasteiger partial charge is 0.394 e. The van der Waals surface area contributed by atoms with Gasteiger partial charge in [-0.2, -0.15) is 0 Å². The van der Waals surface area contributed by atoms with Crippen LogP contribution in [-0.2, 0) is 4.74 Å². The molecule has 5 atom stereocenters. The molecule has 84 valence electrons. The number of hydrogen-bond acceptors (Lipinski definition) is 6. The Morgan fingerprint density at radius 1 is 1.29 bits per heavy atom. The van der Waals surface area contributed by atoms with Crippen LogP contribution in [0.15, 0.2) is 0 Å². The number of aliphatic hydroxyl groups excluding tert-OH is 5. The molecule has 0 amide bonds. The molecule has 1 aliphatic rings. The summed E-state index contributed by atoms with van der Waals surface area (Å²) < 4.78 is 4.98. The zero-order valence-electron chi connectivity index (χ0n) is 7.65. The molecule has 1 fully saturated rings. The maximum absolute atomic E-state index is 9.48. The van der Waals surface area contributed by atoms with Crippen LogP contribution in [0.4, 0.5) is 0 Å². The molecule has 1 heterocycles. The molecule has 0 spiro atoms. The average Bonchev–Trinajstić information content (AvgIpc) is 2.27. The van der Waals surface area contributed by atoms with E-state index in [0.717, 1.165) is 0 Å². The minimum Gasteiger partial charge on any atom is -0.394 e. The van der Waals surface area contributed by atoms with E-state index >= 15 is 0 Å². The van der Waals surface area contributed by atoms with E-state index in [2.05, 4.69) is 0 Å². The van der Waals surface area contributed by atoms with Gasteiger partial charge in [-0.05, 0) is 0 Å². The normalized spacial score (nSPS) is 41.8. The highest BCUT2D eigenvalue weighted by molar-refractivity contribution is 4.86. The van der Waals surface area contributed by atoms with E-state index in [-0.39, 0.29) is 13.0 Å². The molecular formula is C8H16O6. The summed E-state index contributed by atoms with van der Waals surface area (Å²) >= 11 is 0. The van der Waals surface area contributed by atoms with Crippen LogP contribution in [0, 0.1) is 0 Å². The summed E-state index contributed by atoms with van der Waals surface area (Å²) in [5.41, 5.74) is 0. The second kappa shape index (κ2) is 5.01. The Balaban J connectivity index is 2.64. The fraction of sp³-hybridized carbons (Fsp3) is 1.00. The molecule has 0 saturated carbocycles. The van der Waals surface area contributed by atoms with Crippen molar-refractivity contribution >= 4 is 0 Å². The van der Waals surface area contributed by atoms with Gasteiger partial charge in [-0.3, -0.25) is 0 Å². The van der Waals surface area contributed by atoms with E-state index in [1.165, 1.54) is 0 Å². The fourth-order valence-corrected chi connectivity index (χ4v) is 1.47. The second-order valence-corrected chi connectivity index (χ2v) is 3.50. The van der Waals surface area contributed by atoms with Crippen molar-refractivity contribution in [3.63, 3.8) is 0 Å². The zero-order chi connectivity index (χ0) is 10.7. The highest BCUT2D eigenvalue weighted by atomic mass is 16.5. The van der Waals surface area contributed by atoms with Crippen molar-refractivity contribution in [1.29, 1.82) is 0 Å². The van der Waals surface area contributed by atoms with Gasteiger partial charge in [-0.15, -0.1) is 0 Å². The van der Waals surface area contributed by atoms with Crippen LogP contribution in [0.5, 0.6) is 0 Å². The van der Waals surface area contributed by atoms with Gasteiger partial charge < -0.3 is 30.3 Å². The molecule has 5 N–H and O–H groups in total. The third-order valence-electron chi connectivity index (χ3n) is 2.29. The van der Waals surface area contributed by atoms with Crippen molar-refractivity contribution in [2.24, 2.45) is 0 Å². The van der Waals surface area contributed by atoms with Crippen LogP contribution in [0.2, 0.25) is 0 Å². The Bertz CT molecular complexity index is 175. The molecule has 0 bridgehead atoms. The van der Waals surface area contributed by atoms with Gasteiger partial charge in [-0.25, -0.2) is 0 Å². The first-order valence-corrected chi connectivity index (χ1v) is 4.51. The molecule has 0 aromatic heterocycles. The van der Waals surface area contributed by atoms with Gasteiger partial charge in [0.05, 0.1) is 25.4 Å². The molecule has 1 rings (SSSR count). The van der Waals surface area contributed by atoms with E-state index < -0.39 is 37.1 Å². The number of ether oxygens (including phenoxy) is 1. The predicted octanol–water partition coefficient (Wildman–Crippen LogP) is -2.79. The van der Waals surface area contributed by atoms with Gasteiger partial charge in [0.2, 0.25) is 0 Å². The SMILES string of the molecule is OCC(O)C1OCC(O)CC(O)C1O. The van der Waals surface area contributed by atoms with Crippen molar-refractivity contribution < 1.29 is 30.3 Å². The van der Waals surface area contributed by atoms with Crippen molar-refractivity contribution in [3.8, 4) is 0 Å². The van der Waals surface area contributed by atoms with Crippen molar-refractivity contribution in [3.05, 3.63) is 0 Å². The molecule has 1 aliphatic heterocycles. The lowest BCUT2D eigenvalue weighted by molar-refractivity contribution is -0.131. The zero-order valence-corrected chi connectivity index (χ0v) is 7.65. The summed E-state index contributed by atoms with van der Waals surface area (Å²) in [6.07, 6.45) is -5.64. The Labute approximate surface area is 81.4 Å². The Morgan fingerprint density at radius 3 is 2.50 bits per heavy atom. The molecule has 5 unspecified atom stereocenters. The van der Waals surface area contributed by atoms with Gasteiger partial charge in [0.15, 0.2) is 0 Å². The van der Waals surface area contributed by atoms with E-state index in [9.17, 15) is 20.4 Å². The summed E-state index contributed by atoms with van der Waals surface area (Å²) in [7, 11) is 0. The van der Waals surface area contributed by atoms with Gasteiger partial charge in [0.25, 0.3) is 0 Å². The minimum absolute atomic E-state index is 0.00415. The molecule has 0 radical (unpaired) electrons. The second-order valence-electron chi connectivity index (χ2n) is 3.50. The summed E-state index contributed by atoms with van der Waals surface area (Å²) in [6.45, 7) is -0.639. The van der Waals surface area contributed by atoms with Crippen LogP contribution in [0.25, 0.3) is 0 Å². The molecule has 0 aliphatic carbocycles. The third kappa shape index (κ3) is 2.63. The van der Waals surface area contributed by atoms with E-state index in [0.29, 0.717) is 0 Å². The van der Waals surface area contributed by atoms with Gasteiger partial charge in [-0.1, -0.05) is 0 Å². The first kappa shape index (κ1) is 11.8. The standard InChI is InChI=1S/C8H16O6/c9-2-6(12)8-7(13)5(11)1-4(10)3-14-8/h4-13H,1-3H2. The maximum Gasteiger partial charge on any atom is 0.114 e. The van der Waals surface area contributed by atoms with E-state index in [1.807, 2.05) is 0 Å². The molecule has 0 aromatic rings. The maximum atomic E-state index is 9.48. The highest BCUT2D eigenvalue weighted by Gasteiger charge is 2.36. The molecular weight excluding hydrogens is 192 g/mol. The Kier molecular flexibility index (Phi) is 4.24. The lowest BCUT2D eigenvalue weighted by Gasteiger charge is -2.26. The molecule has 0 aromatic carbocycles. The van der Waals surface area contributed by atoms with Crippen LogP contribution in [0.3, 0.4) is 0 Å². The molecule has 6 nitrogen and oxygen atoms in total. The quantitative estimate of drug-likeness (QED) is 0.335. The predicted molar refractivity (Wildman–Crippen MR) is 45.5 cm³/mol. The summed E-state index contributed by atoms with van der Waals surface area (Å²) in [4.78, 5) is 0. The molecule has 14 heavy (non-hydrogen) atoms. The summed E-state index contributed by atoms with van der Waals surface area (Å²) in [6, 6.07) is 0. The fourth-order valence-electron chi connectivity index (χ4n) is 1.47. The number of rotatable bonds is 2. The van der Waals surface area contributed by atoms with Gasteiger partial charge >= 0.3 is 0 Å². The Hall–Kier alpha value is -0.240. The van der Waals surface area contributed by atoms with E-state index in [4.69, 9.17) is 9.84 Å². The van der Waals surface area contributed by atoms with E-state index in [1.54, 1.807) is 0 Å². The lowest BCUT2D eigenvalue weighted by atomic mass is 10.0. The van der Waals surface area contributed by atoms with Crippen LogP contribution < -0.4 is 0 Å². The summed E-state index contributed by atoms with van der Waals surface area (Å²) in [5, 5.41) is 46.0. The third-order valence-corrected chi connectivity index (χ3v) is 2.29. The van der Waals surface area contributed by atoms with Crippen molar-refractivity contribution in [2.75, 3.05) is 13.2 Å². The highest BCUT2D eigenvalue weighted by Crippen LogP contribution is 2.17. The first-order valence-electron chi connectivity index (χ1n) is 4.51. The van der Waals surface area contributed by atoms with Crippen LogP contribution in [0.1, 0.15) is 6.42 Å². The Morgan fingerprint density at radius 2 is 1.93 bits per heavy atom. The number of aliphatic hydroxyl groups is 5. The summed E-state index contributed by atoms with van der Waals surface area (Å²) in [5.74, 6) is 0. The van der Waals surface area contributed by atoms with Crippen LogP contribution in [-0.4, -0.2) is 69.3 Å². The van der Waals surface area contributed by atoms with Gasteiger partial charge in [0.1, 0.15) is 18.3 Å². The van der Waals surface area contributed by atoms with Crippen molar-refractivity contribution in [1.82, 2.24) is 0 Å². The average molecular weight is 208 g/mol. The smallest absolute Gasteiger partial charge is 0.114 e. The number of hydrogen-bond donors (Lipinski definition) is 5. The minimum atomic E-state index is -1.30. The molecule has 6 heteroatoms. The van der Waals surface area contributed by atoms with Crippen molar-refractivity contribution in [2.45, 2.75) is 36.9 Å². The topological polar surface area (TPSA) is 110 Å². The monoisotopic (exact) mass is 208 g/mol. The molecule has 1 saturated heterocycles. The first-order chi connectivity index (χ1) is 6.56. The lowest BCUT2D eigenvalue weighted by Crippen LogP contribution is -2.46. The van der Waals surface area contributed by atoms with Gasteiger partial charge in [0, 0.05) is 6.42 Å².